The maximum atomic E-state index is 14.6. The van der Waals surface area contributed by atoms with Crippen molar-refractivity contribution < 1.29 is 22.4 Å². The minimum absolute atomic E-state index is 0.00821. The fourth-order valence-electron chi connectivity index (χ4n) is 3.70. The number of anilines is 1. The molecule has 0 radical (unpaired) electrons. The van der Waals surface area contributed by atoms with Crippen LogP contribution >= 0.6 is 11.6 Å². The molecule has 0 aliphatic rings. The number of sulfonamides is 1. The number of hydrogen-bond donors (Lipinski definition) is 1. The Hall–Kier alpha value is -3.43. The van der Waals surface area contributed by atoms with Crippen LogP contribution in [0.2, 0.25) is 5.02 Å². The third kappa shape index (κ3) is 7.33. The molecule has 0 fully saturated rings. The Labute approximate surface area is 228 Å². The molecule has 3 rings (SSSR count). The molecule has 0 aliphatic carbocycles. The lowest BCUT2D eigenvalue weighted by molar-refractivity contribution is -0.139. The summed E-state index contributed by atoms with van der Waals surface area (Å²) in [6.07, 6.45) is 0. The average molecular weight is 560 g/mol. The number of nitrogens with one attached hydrogen (secondary N) is 1. The van der Waals surface area contributed by atoms with Crippen LogP contribution in [0, 0.1) is 11.7 Å². The van der Waals surface area contributed by atoms with Crippen LogP contribution in [-0.2, 0) is 26.2 Å². The van der Waals surface area contributed by atoms with E-state index in [1.807, 2.05) is 13.8 Å². The molecule has 0 saturated carbocycles. The van der Waals surface area contributed by atoms with Gasteiger partial charge >= 0.3 is 0 Å². The van der Waals surface area contributed by atoms with Crippen LogP contribution in [0.4, 0.5) is 10.1 Å². The first-order chi connectivity index (χ1) is 18.0. The standard InChI is InChI=1S/C28H31ClFN3O4S/c1-20(2)17-31-28(35)21(3)32(18-22-9-7-8-12-26(22)30)27(34)19-33(24-15-13-23(29)14-16-24)38(36,37)25-10-5-4-6-11-25/h4-16,20-21H,17-19H2,1-3H3,(H,31,35)/t21-/m1/s1. The van der Waals surface area contributed by atoms with Crippen molar-refractivity contribution in [1.82, 2.24) is 10.2 Å². The van der Waals surface area contributed by atoms with Gasteiger partial charge in [0.25, 0.3) is 10.0 Å². The highest BCUT2D eigenvalue weighted by Crippen LogP contribution is 2.26. The van der Waals surface area contributed by atoms with Crippen molar-refractivity contribution in [3.8, 4) is 0 Å². The molecule has 202 valence electrons. The lowest BCUT2D eigenvalue weighted by Gasteiger charge is -2.32. The maximum absolute atomic E-state index is 14.6. The molecule has 3 aromatic carbocycles. The Morgan fingerprint density at radius 3 is 2.13 bits per heavy atom. The van der Waals surface area contributed by atoms with Crippen molar-refractivity contribution in [2.45, 2.75) is 38.3 Å². The molecule has 10 heteroatoms. The zero-order valence-corrected chi connectivity index (χ0v) is 23.0. The minimum atomic E-state index is -4.18. The highest BCUT2D eigenvalue weighted by atomic mass is 35.5. The van der Waals surface area contributed by atoms with Crippen molar-refractivity contribution in [2.24, 2.45) is 5.92 Å². The molecule has 1 atom stereocenters. The van der Waals surface area contributed by atoms with Gasteiger partial charge in [-0.1, -0.05) is 61.8 Å². The molecule has 0 unspecified atom stereocenters. The van der Waals surface area contributed by atoms with Gasteiger partial charge in [0.15, 0.2) is 0 Å². The number of amides is 2. The molecule has 0 saturated heterocycles. The van der Waals surface area contributed by atoms with Crippen molar-refractivity contribution in [2.75, 3.05) is 17.4 Å². The van der Waals surface area contributed by atoms with Crippen molar-refractivity contribution in [1.29, 1.82) is 0 Å². The number of hydrogen-bond acceptors (Lipinski definition) is 4. The molecule has 3 aromatic rings. The van der Waals surface area contributed by atoms with Crippen molar-refractivity contribution in [3.63, 3.8) is 0 Å². The second-order valence-electron chi connectivity index (χ2n) is 9.23. The Kier molecular flexibility index (Phi) is 9.88. The number of carbonyl (C=O) groups excluding carboxylic acids is 2. The number of benzene rings is 3. The second kappa shape index (κ2) is 12.9. The molecule has 2 amide bonds. The molecule has 0 aromatic heterocycles. The molecule has 0 bridgehead atoms. The Balaban J connectivity index is 2.00. The highest BCUT2D eigenvalue weighted by Gasteiger charge is 2.32. The number of carbonyl (C=O) groups is 2. The summed E-state index contributed by atoms with van der Waals surface area (Å²) in [5, 5.41) is 3.19. The second-order valence-corrected chi connectivity index (χ2v) is 11.5. The quantitative estimate of drug-likeness (QED) is 0.363. The van der Waals surface area contributed by atoms with Crippen LogP contribution in [0.1, 0.15) is 26.3 Å². The highest BCUT2D eigenvalue weighted by molar-refractivity contribution is 7.92. The largest absolute Gasteiger partial charge is 0.354 e. The van der Waals surface area contributed by atoms with Crippen LogP contribution in [0.3, 0.4) is 0 Å². The molecule has 38 heavy (non-hydrogen) atoms. The van der Waals surface area contributed by atoms with Crippen LogP contribution in [0.5, 0.6) is 0 Å². The third-order valence-corrected chi connectivity index (χ3v) is 7.92. The van der Waals surface area contributed by atoms with Gasteiger partial charge < -0.3 is 10.2 Å². The molecular weight excluding hydrogens is 529 g/mol. The summed E-state index contributed by atoms with van der Waals surface area (Å²) in [6, 6.07) is 18.7. The van der Waals surface area contributed by atoms with Gasteiger partial charge in [-0.2, -0.15) is 0 Å². The van der Waals surface area contributed by atoms with E-state index in [2.05, 4.69) is 5.32 Å². The van der Waals surface area contributed by atoms with E-state index in [4.69, 9.17) is 11.6 Å². The van der Waals surface area contributed by atoms with Gasteiger partial charge in [0.1, 0.15) is 18.4 Å². The van der Waals surface area contributed by atoms with Crippen LogP contribution in [0.25, 0.3) is 0 Å². The van der Waals surface area contributed by atoms with E-state index in [-0.39, 0.29) is 28.6 Å². The minimum Gasteiger partial charge on any atom is -0.354 e. The third-order valence-electron chi connectivity index (χ3n) is 5.88. The summed E-state index contributed by atoms with van der Waals surface area (Å²) in [7, 11) is -4.18. The molecule has 0 aliphatic heterocycles. The van der Waals surface area contributed by atoms with Gasteiger partial charge in [0.05, 0.1) is 10.6 Å². The first-order valence-electron chi connectivity index (χ1n) is 12.1. The predicted molar refractivity (Wildman–Crippen MR) is 147 cm³/mol. The topological polar surface area (TPSA) is 86.8 Å². The Morgan fingerprint density at radius 2 is 1.53 bits per heavy atom. The van der Waals surface area contributed by atoms with E-state index in [0.29, 0.717) is 11.6 Å². The zero-order valence-electron chi connectivity index (χ0n) is 21.5. The van der Waals surface area contributed by atoms with E-state index in [1.165, 1.54) is 66.4 Å². The molecule has 1 N–H and O–H groups in total. The molecular formula is C28H31ClFN3O4S. The van der Waals surface area contributed by atoms with Gasteiger partial charge in [-0.25, -0.2) is 12.8 Å². The summed E-state index contributed by atoms with van der Waals surface area (Å²) in [5.41, 5.74) is 0.419. The van der Waals surface area contributed by atoms with E-state index < -0.39 is 40.2 Å². The van der Waals surface area contributed by atoms with Gasteiger partial charge in [-0.15, -0.1) is 0 Å². The number of nitrogens with zero attached hydrogens (tertiary/aromatic N) is 2. The summed E-state index contributed by atoms with van der Waals surface area (Å²) < 4.78 is 42.8. The first kappa shape index (κ1) is 29.1. The predicted octanol–water partition coefficient (Wildman–Crippen LogP) is 4.86. The van der Waals surface area contributed by atoms with E-state index >= 15 is 0 Å². The zero-order chi connectivity index (χ0) is 27.9. The Bertz CT molecular complexity index is 1350. The normalized spacial score (nSPS) is 12.2. The fourth-order valence-corrected chi connectivity index (χ4v) is 5.26. The van der Waals surface area contributed by atoms with Gasteiger partial charge in [0.2, 0.25) is 11.8 Å². The average Bonchev–Trinajstić information content (AvgIpc) is 2.90. The van der Waals surface area contributed by atoms with E-state index in [9.17, 15) is 22.4 Å². The first-order valence-corrected chi connectivity index (χ1v) is 14.0. The number of halogens is 2. The Morgan fingerprint density at radius 1 is 0.921 bits per heavy atom. The van der Waals surface area contributed by atoms with Crippen LogP contribution in [-0.4, -0.2) is 44.3 Å². The van der Waals surface area contributed by atoms with Gasteiger partial charge in [0, 0.05) is 23.7 Å². The summed E-state index contributed by atoms with van der Waals surface area (Å²) in [4.78, 5) is 27.9. The smallest absolute Gasteiger partial charge is 0.264 e. The summed E-state index contributed by atoms with van der Waals surface area (Å²) in [6.45, 7) is 4.96. The molecule has 0 spiro atoms. The summed E-state index contributed by atoms with van der Waals surface area (Å²) >= 11 is 6.01. The van der Waals surface area contributed by atoms with Crippen LogP contribution < -0.4 is 9.62 Å². The lowest BCUT2D eigenvalue weighted by Crippen LogP contribution is -2.51. The van der Waals surface area contributed by atoms with E-state index in [1.54, 1.807) is 24.3 Å². The van der Waals surface area contributed by atoms with Gasteiger partial charge in [-0.3, -0.25) is 13.9 Å². The number of rotatable bonds is 11. The maximum Gasteiger partial charge on any atom is 0.264 e. The molecule has 0 heterocycles. The van der Waals surface area contributed by atoms with E-state index in [0.717, 1.165) is 4.31 Å². The van der Waals surface area contributed by atoms with Crippen molar-refractivity contribution >= 4 is 39.1 Å². The summed E-state index contributed by atoms with van der Waals surface area (Å²) in [5.74, 6) is -1.45. The lowest BCUT2D eigenvalue weighted by atomic mass is 10.1. The molecule has 7 nitrogen and oxygen atoms in total. The monoisotopic (exact) mass is 559 g/mol. The van der Waals surface area contributed by atoms with Gasteiger partial charge in [-0.05, 0) is 55.3 Å². The van der Waals surface area contributed by atoms with Crippen molar-refractivity contribution in [3.05, 3.63) is 95.3 Å². The van der Waals surface area contributed by atoms with Crippen LogP contribution in [0.15, 0.2) is 83.8 Å². The SMILES string of the molecule is CC(C)CNC(=O)[C@@H](C)N(Cc1ccccc1F)C(=O)CN(c1ccc(Cl)cc1)S(=O)(=O)c1ccccc1. The fraction of sp³-hybridized carbons (Fsp3) is 0.286.